The third-order valence-corrected chi connectivity index (χ3v) is 4.28. The summed E-state index contributed by atoms with van der Waals surface area (Å²) in [6.45, 7) is 1.39. The van der Waals surface area contributed by atoms with E-state index < -0.39 is 0 Å². The van der Waals surface area contributed by atoms with Crippen LogP contribution < -0.4 is 0 Å². The molecule has 0 spiro atoms. The molecule has 0 aromatic rings. The Hall–Kier alpha value is -0.220. The van der Waals surface area contributed by atoms with E-state index >= 15 is 0 Å². The number of amides is 1. The monoisotopic (exact) mass is 215 g/mol. The van der Waals surface area contributed by atoms with E-state index in [1.807, 2.05) is 4.90 Å². The zero-order chi connectivity index (χ0) is 9.97. The fourth-order valence-corrected chi connectivity index (χ4v) is 3.37. The van der Waals surface area contributed by atoms with Gasteiger partial charge in [0.2, 0.25) is 5.91 Å². The van der Waals surface area contributed by atoms with Gasteiger partial charge in [-0.25, -0.2) is 0 Å². The Kier molecular flexibility index (Phi) is 3.34. The van der Waals surface area contributed by atoms with Crippen molar-refractivity contribution in [2.75, 3.05) is 18.8 Å². The van der Waals surface area contributed by atoms with Crippen LogP contribution in [0, 0.1) is 0 Å². The van der Waals surface area contributed by atoms with E-state index in [0.717, 1.165) is 38.0 Å². The van der Waals surface area contributed by atoms with Crippen LogP contribution in [0.3, 0.4) is 0 Å². The highest BCUT2D eigenvalue weighted by molar-refractivity contribution is 8.00. The predicted molar refractivity (Wildman–Crippen MR) is 57.3 cm³/mol. The lowest BCUT2D eigenvalue weighted by Gasteiger charge is -2.31. The summed E-state index contributed by atoms with van der Waals surface area (Å²) in [5, 5.41) is 9.65. The van der Waals surface area contributed by atoms with Crippen molar-refractivity contribution in [1.29, 1.82) is 0 Å². The number of carbonyl (C=O) groups is 1. The lowest BCUT2D eigenvalue weighted by Crippen LogP contribution is -2.45. The van der Waals surface area contributed by atoms with Crippen LogP contribution in [0.5, 0.6) is 0 Å². The minimum absolute atomic E-state index is 0.181. The highest BCUT2D eigenvalue weighted by atomic mass is 32.2. The van der Waals surface area contributed by atoms with Gasteiger partial charge in [0.25, 0.3) is 0 Å². The SMILES string of the molecule is O=C(C1CCCS1)N1CCCC(O)C1. The first-order valence-electron chi connectivity index (χ1n) is 5.36. The zero-order valence-corrected chi connectivity index (χ0v) is 9.13. The van der Waals surface area contributed by atoms with Gasteiger partial charge in [0.05, 0.1) is 11.4 Å². The van der Waals surface area contributed by atoms with Crippen molar-refractivity contribution in [3.05, 3.63) is 0 Å². The highest BCUT2D eigenvalue weighted by Gasteiger charge is 2.30. The molecule has 1 amide bonds. The topological polar surface area (TPSA) is 40.5 Å². The molecule has 2 fully saturated rings. The van der Waals surface area contributed by atoms with Gasteiger partial charge < -0.3 is 10.0 Å². The maximum Gasteiger partial charge on any atom is 0.235 e. The van der Waals surface area contributed by atoms with Gasteiger partial charge in [-0.05, 0) is 31.4 Å². The van der Waals surface area contributed by atoms with Gasteiger partial charge >= 0.3 is 0 Å². The van der Waals surface area contributed by atoms with E-state index in [2.05, 4.69) is 0 Å². The molecule has 3 nitrogen and oxygen atoms in total. The van der Waals surface area contributed by atoms with Crippen LogP contribution in [0.1, 0.15) is 25.7 Å². The van der Waals surface area contributed by atoms with Crippen molar-refractivity contribution in [2.24, 2.45) is 0 Å². The molecule has 0 aliphatic carbocycles. The van der Waals surface area contributed by atoms with E-state index in [9.17, 15) is 9.90 Å². The van der Waals surface area contributed by atoms with Gasteiger partial charge in [-0.15, -0.1) is 11.8 Å². The molecule has 80 valence electrons. The summed E-state index contributed by atoms with van der Waals surface area (Å²) in [6.07, 6.45) is 3.69. The first-order chi connectivity index (χ1) is 6.77. The maximum atomic E-state index is 11.9. The van der Waals surface area contributed by atoms with Gasteiger partial charge in [0, 0.05) is 13.1 Å². The molecule has 0 saturated carbocycles. The van der Waals surface area contributed by atoms with Crippen molar-refractivity contribution in [2.45, 2.75) is 37.0 Å². The van der Waals surface area contributed by atoms with Crippen molar-refractivity contribution < 1.29 is 9.90 Å². The van der Waals surface area contributed by atoms with Crippen LogP contribution in [0.2, 0.25) is 0 Å². The molecule has 0 bridgehead atoms. The second-order valence-corrected chi connectivity index (χ2v) is 5.39. The fraction of sp³-hybridized carbons (Fsp3) is 0.900. The predicted octanol–water partition coefficient (Wildman–Crippen LogP) is 0.865. The molecule has 2 atom stereocenters. The van der Waals surface area contributed by atoms with E-state index in [-0.39, 0.29) is 17.3 Å². The minimum Gasteiger partial charge on any atom is -0.391 e. The quantitative estimate of drug-likeness (QED) is 0.705. The lowest BCUT2D eigenvalue weighted by atomic mass is 10.1. The number of hydrogen-bond donors (Lipinski definition) is 1. The molecule has 0 radical (unpaired) electrons. The Morgan fingerprint density at radius 3 is 2.86 bits per heavy atom. The maximum absolute atomic E-state index is 11.9. The van der Waals surface area contributed by atoms with E-state index in [4.69, 9.17) is 0 Å². The third-order valence-electron chi connectivity index (χ3n) is 2.91. The Bertz CT molecular complexity index is 216. The third kappa shape index (κ3) is 2.23. The van der Waals surface area contributed by atoms with Gasteiger partial charge in [0.15, 0.2) is 0 Å². The van der Waals surface area contributed by atoms with Crippen molar-refractivity contribution in [3.8, 4) is 0 Å². The summed E-state index contributed by atoms with van der Waals surface area (Å²) in [7, 11) is 0. The van der Waals surface area contributed by atoms with E-state index in [1.165, 1.54) is 0 Å². The van der Waals surface area contributed by atoms with E-state index in [1.54, 1.807) is 11.8 Å². The van der Waals surface area contributed by atoms with Crippen LogP contribution in [-0.4, -0.2) is 46.1 Å². The first kappa shape index (κ1) is 10.3. The number of likely N-dealkylation sites (tertiary alicyclic amines) is 1. The Balaban J connectivity index is 1.89. The van der Waals surface area contributed by atoms with Gasteiger partial charge in [-0.3, -0.25) is 4.79 Å². The molecule has 0 aromatic carbocycles. The van der Waals surface area contributed by atoms with Gasteiger partial charge in [0.1, 0.15) is 0 Å². The zero-order valence-electron chi connectivity index (χ0n) is 8.32. The number of carbonyl (C=O) groups excluding carboxylic acids is 1. The van der Waals surface area contributed by atoms with Crippen molar-refractivity contribution in [3.63, 3.8) is 0 Å². The second kappa shape index (κ2) is 4.53. The smallest absolute Gasteiger partial charge is 0.235 e. The Morgan fingerprint density at radius 2 is 2.21 bits per heavy atom. The van der Waals surface area contributed by atoms with Gasteiger partial charge in [-0.1, -0.05) is 0 Å². The molecule has 2 heterocycles. The van der Waals surface area contributed by atoms with Crippen LogP contribution in [-0.2, 0) is 4.79 Å². The van der Waals surface area contributed by atoms with Crippen LogP contribution in [0.25, 0.3) is 0 Å². The van der Waals surface area contributed by atoms with E-state index in [0.29, 0.717) is 6.54 Å². The highest BCUT2D eigenvalue weighted by Crippen LogP contribution is 2.28. The summed E-state index contributed by atoms with van der Waals surface area (Å²) < 4.78 is 0. The molecule has 4 heteroatoms. The molecule has 14 heavy (non-hydrogen) atoms. The average Bonchev–Trinajstić information content (AvgIpc) is 2.69. The molecular weight excluding hydrogens is 198 g/mol. The number of piperidine rings is 1. The molecule has 2 rings (SSSR count). The summed E-state index contributed by atoms with van der Waals surface area (Å²) in [5.74, 6) is 1.37. The summed E-state index contributed by atoms with van der Waals surface area (Å²) in [4.78, 5) is 13.8. The molecule has 2 aliphatic rings. The number of aliphatic hydroxyl groups is 1. The summed E-state index contributed by atoms with van der Waals surface area (Å²) in [5.41, 5.74) is 0. The normalized spacial score (nSPS) is 33.4. The van der Waals surface area contributed by atoms with Crippen molar-refractivity contribution in [1.82, 2.24) is 4.90 Å². The lowest BCUT2D eigenvalue weighted by molar-refractivity contribution is -0.133. The molecule has 2 saturated heterocycles. The summed E-state index contributed by atoms with van der Waals surface area (Å²) in [6, 6.07) is 0. The number of thioether (sulfide) groups is 1. The minimum atomic E-state index is -0.292. The molecule has 2 aliphatic heterocycles. The number of β-amino-alcohol motifs (C(OH)–C–C–N with tert-alkyl or cyclic N) is 1. The van der Waals surface area contributed by atoms with Crippen LogP contribution >= 0.6 is 11.8 Å². The fourth-order valence-electron chi connectivity index (χ4n) is 2.13. The standard InChI is InChI=1S/C10H17NO2S/c12-8-3-1-5-11(7-8)10(13)9-4-2-6-14-9/h8-9,12H,1-7H2. The van der Waals surface area contributed by atoms with Crippen LogP contribution in [0.15, 0.2) is 0 Å². The molecular formula is C10H17NO2S. The van der Waals surface area contributed by atoms with Gasteiger partial charge in [-0.2, -0.15) is 0 Å². The molecule has 0 aromatic heterocycles. The Morgan fingerprint density at radius 1 is 1.36 bits per heavy atom. The summed E-state index contributed by atoms with van der Waals surface area (Å²) >= 11 is 1.77. The number of nitrogens with zero attached hydrogens (tertiary/aromatic N) is 1. The number of aliphatic hydroxyl groups excluding tert-OH is 1. The largest absolute Gasteiger partial charge is 0.391 e. The first-order valence-corrected chi connectivity index (χ1v) is 6.40. The number of hydrogen-bond acceptors (Lipinski definition) is 3. The number of rotatable bonds is 1. The molecule has 2 unspecified atom stereocenters. The average molecular weight is 215 g/mol. The second-order valence-electron chi connectivity index (χ2n) is 4.08. The Labute approximate surface area is 88.9 Å². The molecule has 1 N–H and O–H groups in total. The van der Waals surface area contributed by atoms with Crippen molar-refractivity contribution >= 4 is 17.7 Å². The van der Waals surface area contributed by atoms with Crippen LogP contribution in [0.4, 0.5) is 0 Å².